The molecule has 1 saturated heterocycles. The molecule has 1 aliphatic carbocycles. The predicted octanol–water partition coefficient (Wildman–Crippen LogP) is 2.83. The minimum absolute atomic E-state index is 0.508. The van der Waals surface area contributed by atoms with E-state index < -0.39 is 0 Å². The molecule has 0 bridgehead atoms. The second-order valence-electron chi connectivity index (χ2n) is 6.28. The fourth-order valence-corrected chi connectivity index (χ4v) is 3.79. The summed E-state index contributed by atoms with van der Waals surface area (Å²) in [7, 11) is 2.13. The number of nitrogens with one attached hydrogen (secondary N) is 1. The Bertz CT molecular complexity index is 221. The fourth-order valence-electron chi connectivity index (χ4n) is 3.79. The van der Waals surface area contributed by atoms with Crippen molar-refractivity contribution >= 4 is 0 Å². The molecule has 0 radical (unpaired) electrons. The first kappa shape index (κ1) is 12.4. The largest absolute Gasteiger partial charge is 0.381 e. The van der Waals surface area contributed by atoms with Gasteiger partial charge in [-0.05, 0) is 37.6 Å². The van der Waals surface area contributed by atoms with Crippen molar-refractivity contribution in [2.24, 2.45) is 17.3 Å². The summed E-state index contributed by atoms with van der Waals surface area (Å²) in [5, 5.41) is 3.59. The van der Waals surface area contributed by atoms with Crippen LogP contribution in [0.25, 0.3) is 0 Å². The van der Waals surface area contributed by atoms with E-state index in [1.54, 1.807) is 0 Å². The van der Waals surface area contributed by atoms with Crippen LogP contribution in [0, 0.1) is 17.3 Å². The van der Waals surface area contributed by atoms with E-state index in [1.165, 1.54) is 32.1 Å². The molecule has 0 aromatic carbocycles. The average Bonchev–Trinajstić information content (AvgIpc) is 2.75. The Hall–Kier alpha value is -0.0800. The zero-order chi connectivity index (χ0) is 11.6. The van der Waals surface area contributed by atoms with Gasteiger partial charge in [0.15, 0.2) is 0 Å². The second-order valence-corrected chi connectivity index (χ2v) is 6.28. The molecule has 2 nitrogen and oxygen atoms in total. The highest BCUT2D eigenvalue weighted by Crippen LogP contribution is 2.44. The number of ether oxygens (including phenoxy) is 1. The third-order valence-electron chi connectivity index (χ3n) is 4.83. The van der Waals surface area contributed by atoms with Crippen molar-refractivity contribution in [1.29, 1.82) is 0 Å². The van der Waals surface area contributed by atoms with E-state index in [2.05, 4.69) is 26.2 Å². The molecule has 0 aromatic rings. The van der Waals surface area contributed by atoms with Gasteiger partial charge in [0.05, 0.1) is 6.61 Å². The van der Waals surface area contributed by atoms with E-state index in [0.29, 0.717) is 11.5 Å². The molecule has 0 amide bonds. The van der Waals surface area contributed by atoms with E-state index >= 15 is 0 Å². The normalized spacial score (nSPS) is 36.2. The van der Waals surface area contributed by atoms with Gasteiger partial charge >= 0.3 is 0 Å². The van der Waals surface area contributed by atoms with Crippen LogP contribution in [0.3, 0.4) is 0 Å². The Balaban J connectivity index is 2.06. The standard InChI is InChI=1S/C14H27NO/c1-14(2)8-5-4-6-12(14)13(15-3)11-7-9-16-10-11/h11-13,15H,4-10H2,1-3H3. The lowest BCUT2D eigenvalue weighted by Crippen LogP contribution is -2.47. The lowest BCUT2D eigenvalue weighted by Gasteiger charge is -2.45. The van der Waals surface area contributed by atoms with Gasteiger partial charge in [0.25, 0.3) is 0 Å². The summed E-state index contributed by atoms with van der Waals surface area (Å²) in [5.41, 5.74) is 0.508. The monoisotopic (exact) mass is 225 g/mol. The van der Waals surface area contributed by atoms with Crippen molar-refractivity contribution < 1.29 is 4.74 Å². The van der Waals surface area contributed by atoms with Crippen LogP contribution < -0.4 is 5.32 Å². The Labute approximate surface area is 100 Å². The van der Waals surface area contributed by atoms with Gasteiger partial charge in [-0.1, -0.05) is 26.7 Å². The Morgan fingerprint density at radius 2 is 2.06 bits per heavy atom. The Morgan fingerprint density at radius 3 is 2.62 bits per heavy atom. The van der Waals surface area contributed by atoms with E-state index in [0.717, 1.165) is 25.0 Å². The summed E-state index contributed by atoms with van der Waals surface area (Å²) in [6.07, 6.45) is 6.87. The van der Waals surface area contributed by atoms with Crippen LogP contribution in [-0.4, -0.2) is 26.3 Å². The summed E-state index contributed by atoms with van der Waals surface area (Å²) < 4.78 is 5.56. The van der Waals surface area contributed by atoms with E-state index in [4.69, 9.17) is 4.74 Å². The lowest BCUT2D eigenvalue weighted by molar-refractivity contribution is 0.0708. The van der Waals surface area contributed by atoms with Gasteiger partial charge in [-0.3, -0.25) is 0 Å². The third-order valence-corrected chi connectivity index (χ3v) is 4.83. The highest BCUT2D eigenvalue weighted by molar-refractivity contribution is 4.93. The van der Waals surface area contributed by atoms with Crippen molar-refractivity contribution in [2.75, 3.05) is 20.3 Å². The summed E-state index contributed by atoms with van der Waals surface area (Å²) >= 11 is 0. The van der Waals surface area contributed by atoms with Gasteiger partial charge in [0.1, 0.15) is 0 Å². The van der Waals surface area contributed by atoms with Crippen LogP contribution >= 0.6 is 0 Å². The quantitative estimate of drug-likeness (QED) is 0.797. The maximum Gasteiger partial charge on any atom is 0.0510 e. The number of rotatable bonds is 3. The molecule has 3 unspecified atom stereocenters. The fraction of sp³-hybridized carbons (Fsp3) is 1.00. The topological polar surface area (TPSA) is 21.3 Å². The second kappa shape index (κ2) is 5.05. The zero-order valence-corrected chi connectivity index (χ0v) is 11.1. The summed E-state index contributed by atoms with van der Waals surface area (Å²) in [6.45, 7) is 6.85. The highest BCUT2D eigenvalue weighted by Gasteiger charge is 2.40. The molecule has 0 spiro atoms. The number of hydrogen-bond acceptors (Lipinski definition) is 2. The molecular formula is C14H27NO. The van der Waals surface area contributed by atoms with Gasteiger partial charge in [-0.2, -0.15) is 0 Å². The van der Waals surface area contributed by atoms with Gasteiger partial charge < -0.3 is 10.1 Å². The molecule has 16 heavy (non-hydrogen) atoms. The Morgan fingerprint density at radius 1 is 1.25 bits per heavy atom. The smallest absolute Gasteiger partial charge is 0.0510 e. The van der Waals surface area contributed by atoms with Crippen molar-refractivity contribution in [2.45, 2.75) is 52.0 Å². The van der Waals surface area contributed by atoms with Crippen molar-refractivity contribution in [3.05, 3.63) is 0 Å². The average molecular weight is 225 g/mol. The van der Waals surface area contributed by atoms with E-state index in [-0.39, 0.29) is 0 Å². The highest BCUT2D eigenvalue weighted by atomic mass is 16.5. The third kappa shape index (κ3) is 2.43. The first-order chi connectivity index (χ1) is 7.65. The molecule has 2 fully saturated rings. The van der Waals surface area contributed by atoms with Gasteiger partial charge in [-0.15, -0.1) is 0 Å². The zero-order valence-electron chi connectivity index (χ0n) is 11.1. The van der Waals surface area contributed by atoms with Crippen LogP contribution in [0.1, 0.15) is 46.0 Å². The SMILES string of the molecule is CNC(C1CCOC1)C1CCCCC1(C)C. The minimum Gasteiger partial charge on any atom is -0.381 e. The van der Waals surface area contributed by atoms with E-state index in [9.17, 15) is 0 Å². The molecule has 1 heterocycles. The van der Waals surface area contributed by atoms with Gasteiger partial charge in [0, 0.05) is 18.6 Å². The van der Waals surface area contributed by atoms with Gasteiger partial charge in [0.2, 0.25) is 0 Å². The molecule has 2 rings (SSSR count). The molecule has 1 saturated carbocycles. The lowest BCUT2D eigenvalue weighted by atomic mass is 9.63. The maximum atomic E-state index is 5.56. The molecule has 2 heteroatoms. The summed E-state index contributed by atoms with van der Waals surface area (Å²) in [5.74, 6) is 1.57. The predicted molar refractivity (Wildman–Crippen MR) is 67.5 cm³/mol. The van der Waals surface area contributed by atoms with E-state index in [1.807, 2.05) is 0 Å². The van der Waals surface area contributed by atoms with Crippen molar-refractivity contribution in [1.82, 2.24) is 5.32 Å². The maximum absolute atomic E-state index is 5.56. The van der Waals surface area contributed by atoms with Crippen LogP contribution in [0.4, 0.5) is 0 Å². The first-order valence-corrected chi connectivity index (χ1v) is 6.90. The summed E-state index contributed by atoms with van der Waals surface area (Å²) in [4.78, 5) is 0. The van der Waals surface area contributed by atoms with Crippen LogP contribution in [-0.2, 0) is 4.74 Å². The molecule has 0 aromatic heterocycles. The van der Waals surface area contributed by atoms with Crippen molar-refractivity contribution in [3.63, 3.8) is 0 Å². The minimum atomic E-state index is 0.508. The number of hydrogen-bond donors (Lipinski definition) is 1. The van der Waals surface area contributed by atoms with Crippen LogP contribution in [0.5, 0.6) is 0 Å². The van der Waals surface area contributed by atoms with Crippen molar-refractivity contribution in [3.8, 4) is 0 Å². The molecule has 94 valence electrons. The molecule has 2 aliphatic rings. The summed E-state index contributed by atoms with van der Waals surface area (Å²) in [6, 6.07) is 0.665. The molecule has 1 aliphatic heterocycles. The first-order valence-electron chi connectivity index (χ1n) is 6.90. The Kier molecular flexibility index (Phi) is 3.91. The molecule has 3 atom stereocenters. The molecule has 1 N–H and O–H groups in total. The van der Waals surface area contributed by atoms with Crippen LogP contribution in [0.2, 0.25) is 0 Å². The van der Waals surface area contributed by atoms with Crippen LogP contribution in [0.15, 0.2) is 0 Å². The van der Waals surface area contributed by atoms with Gasteiger partial charge in [-0.25, -0.2) is 0 Å². The molecular weight excluding hydrogens is 198 g/mol.